The van der Waals surface area contributed by atoms with E-state index < -0.39 is 53.7 Å². The lowest BCUT2D eigenvalue weighted by Gasteiger charge is -2.32. The van der Waals surface area contributed by atoms with Gasteiger partial charge in [-0.15, -0.1) is 0 Å². The number of amides is 5. The number of pyridine rings is 1. The highest BCUT2D eigenvalue weighted by Gasteiger charge is 2.36. The zero-order valence-corrected chi connectivity index (χ0v) is 37.7. The van der Waals surface area contributed by atoms with Gasteiger partial charge in [0, 0.05) is 43.1 Å². The standard InChI is InChI=1S/C48H62N10O7/c1-5-6-7-8-9-31-10-12-33-27-35(29(2)54-39(33)25-31)45(60)56-38(16-17-49)48(63)58(4)43-34-13-15-42(65-23-20-52)37(28-34)36-24-32(11-14-41(36)64-22-19-51)26-40(46(61)53-21-18-50)57-44(59)30(3)55-47(43)62/h10-15,24-25,27-28,30,38,40,43H,5-9,16-17,19-23,26,49,51-52H2,1-4H3,(H,53,61)(H,55,62)(H,56,60)(H,57,59)/t30-,38?,40-,43-/m0/s1. The van der Waals surface area contributed by atoms with Crippen LogP contribution in [0.3, 0.4) is 0 Å². The summed E-state index contributed by atoms with van der Waals surface area (Å²) in [6, 6.07) is 15.0. The van der Waals surface area contributed by atoms with E-state index in [1.165, 1.54) is 30.9 Å². The van der Waals surface area contributed by atoms with E-state index in [0.29, 0.717) is 39.4 Å². The van der Waals surface area contributed by atoms with Crippen molar-refractivity contribution < 1.29 is 33.4 Å². The number of hydrogen-bond donors (Lipinski definition) is 7. The van der Waals surface area contributed by atoms with Gasteiger partial charge in [0.05, 0.1) is 22.8 Å². The number of rotatable bonds is 19. The number of ether oxygens (including phenoxy) is 2. The number of carbonyl (C=O) groups excluding carboxylic acids is 5. The van der Waals surface area contributed by atoms with Crippen molar-refractivity contribution in [3.8, 4) is 28.7 Å². The maximum Gasteiger partial charge on any atom is 0.253 e. The minimum Gasteiger partial charge on any atom is -0.492 e. The van der Waals surface area contributed by atoms with E-state index in [0.717, 1.165) is 36.6 Å². The number of nitrogens with two attached hydrogens (primary N) is 3. The normalized spacial score (nSPS) is 16.6. The molecule has 10 N–H and O–H groups in total. The van der Waals surface area contributed by atoms with Crippen LogP contribution in [0.5, 0.6) is 11.5 Å². The van der Waals surface area contributed by atoms with Gasteiger partial charge in [0.1, 0.15) is 55.4 Å². The van der Waals surface area contributed by atoms with E-state index in [4.69, 9.17) is 36.9 Å². The number of carbonyl (C=O) groups is 5. The summed E-state index contributed by atoms with van der Waals surface area (Å²) in [5, 5.41) is 20.7. The van der Waals surface area contributed by atoms with Gasteiger partial charge in [-0.25, -0.2) is 0 Å². The molecule has 0 radical (unpaired) electrons. The molecule has 65 heavy (non-hydrogen) atoms. The zero-order valence-electron chi connectivity index (χ0n) is 37.7. The molecule has 0 saturated carbocycles. The van der Waals surface area contributed by atoms with Crippen molar-refractivity contribution in [1.29, 1.82) is 5.26 Å². The quantitative estimate of drug-likeness (QED) is 0.0529. The van der Waals surface area contributed by atoms with Gasteiger partial charge in [0.2, 0.25) is 23.6 Å². The zero-order chi connectivity index (χ0) is 47.0. The molecule has 4 bridgehead atoms. The fraction of sp³-hybridized carbons (Fsp3) is 0.438. The van der Waals surface area contributed by atoms with Crippen LogP contribution in [-0.2, 0) is 32.0 Å². The Labute approximate surface area is 380 Å². The highest BCUT2D eigenvalue weighted by molar-refractivity contribution is 6.02. The smallest absolute Gasteiger partial charge is 0.253 e. The van der Waals surface area contributed by atoms with Gasteiger partial charge in [-0.05, 0) is 92.7 Å². The number of aryl methyl sites for hydroxylation is 2. The van der Waals surface area contributed by atoms with Crippen molar-refractivity contribution in [3.05, 3.63) is 88.6 Å². The number of nitriles is 1. The van der Waals surface area contributed by atoms with Crippen LogP contribution in [-0.4, -0.2) is 104 Å². The Morgan fingerprint density at radius 3 is 2.29 bits per heavy atom. The highest BCUT2D eigenvalue weighted by Crippen LogP contribution is 2.40. The third kappa shape index (κ3) is 12.8. The Hall–Kier alpha value is -6.61. The second kappa shape index (κ2) is 23.9. The molecule has 17 heteroatoms. The van der Waals surface area contributed by atoms with Gasteiger partial charge < -0.3 is 52.8 Å². The predicted octanol–water partition coefficient (Wildman–Crippen LogP) is 2.84. The number of nitrogens with zero attached hydrogens (tertiary/aromatic N) is 3. The maximum atomic E-state index is 14.7. The van der Waals surface area contributed by atoms with Crippen molar-refractivity contribution >= 4 is 40.4 Å². The summed E-state index contributed by atoms with van der Waals surface area (Å²) >= 11 is 0. The Bertz CT molecular complexity index is 2380. The molecule has 0 saturated heterocycles. The van der Waals surface area contributed by atoms with Gasteiger partial charge in [-0.3, -0.25) is 29.0 Å². The van der Waals surface area contributed by atoms with E-state index in [-0.39, 0.29) is 57.8 Å². The molecule has 3 aromatic carbocycles. The van der Waals surface area contributed by atoms with E-state index >= 15 is 0 Å². The Morgan fingerprint density at radius 2 is 1.62 bits per heavy atom. The Balaban J connectivity index is 1.55. The van der Waals surface area contributed by atoms with Crippen molar-refractivity contribution in [2.45, 2.75) is 89.9 Å². The van der Waals surface area contributed by atoms with Crippen LogP contribution in [0.2, 0.25) is 0 Å². The van der Waals surface area contributed by atoms with Crippen molar-refractivity contribution in [3.63, 3.8) is 0 Å². The molecular weight excluding hydrogens is 829 g/mol. The van der Waals surface area contributed by atoms with Gasteiger partial charge in [-0.1, -0.05) is 50.5 Å². The summed E-state index contributed by atoms with van der Waals surface area (Å²) in [6.45, 7) is 5.80. The van der Waals surface area contributed by atoms with E-state index in [2.05, 4.69) is 28.2 Å². The van der Waals surface area contributed by atoms with Crippen LogP contribution in [0.15, 0.2) is 60.7 Å². The summed E-state index contributed by atoms with van der Waals surface area (Å²) < 4.78 is 12.2. The van der Waals surface area contributed by atoms with Gasteiger partial charge in [0.25, 0.3) is 5.91 Å². The molecular formula is C48H62N10O7. The number of fused-ring (bicyclic) bond motifs is 6. The number of unbranched alkanes of at least 4 members (excludes halogenated alkanes) is 3. The number of hydrogen-bond acceptors (Lipinski definition) is 12. The lowest BCUT2D eigenvalue weighted by molar-refractivity contribution is -0.141. The highest BCUT2D eigenvalue weighted by atomic mass is 16.5. The molecule has 1 aromatic heterocycles. The molecule has 1 unspecified atom stereocenters. The molecule has 0 fully saturated rings. The Kier molecular flexibility index (Phi) is 18.2. The van der Waals surface area contributed by atoms with Crippen LogP contribution in [0, 0.1) is 18.3 Å². The molecule has 0 aliphatic carbocycles. The first-order valence-corrected chi connectivity index (χ1v) is 22.2. The third-order valence-corrected chi connectivity index (χ3v) is 11.2. The number of likely N-dealkylation sites (N-methyl/N-ethyl adjacent to an activating group) is 1. The first-order valence-electron chi connectivity index (χ1n) is 22.2. The lowest BCUT2D eigenvalue weighted by atomic mass is 9.93. The molecule has 17 nitrogen and oxygen atoms in total. The summed E-state index contributed by atoms with van der Waals surface area (Å²) in [6.07, 6.45) is 5.57. The van der Waals surface area contributed by atoms with E-state index in [9.17, 15) is 24.0 Å². The second-order valence-corrected chi connectivity index (χ2v) is 16.1. The molecule has 2 heterocycles. The van der Waals surface area contributed by atoms with Crippen LogP contribution in [0.25, 0.3) is 22.0 Å². The average molecular weight is 891 g/mol. The van der Waals surface area contributed by atoms with E-state index in [1.54, 1.807) is 49.4 Å². The molecule has 1 aliphatic rings. The van der Waals surface area contributed by atoms with Crippen molar-refractivity contribution in [2.75, 3.05) is 46.4 Å². The lowest BCUT2D eigenvalue weighted by Crippen LogP contribution is -2.56. The molecule has 4 aromatic rings. The fourth-order valence-electron chi connectivity index (χ4n) is 7.82. The second-order valence-electron chi connectivity index (χ2n) is 16.1. The SMILES string of the molecule is CCCCCCc1ccc2cc(C(=O)NC(CCN)C(=O)N(C)[C@@H]3C(=O)N[C@@H](C)C(=O)N[C@H](C(=O)NCC#N)Cc4ccc(OCCN)c(c4)-c4cc3ccc4OCCN)c(C)nc2c1. The van der Waals surface area contributed by atoms with Crippen molar-refractivity contribution in [2.24, 2.45) is 17.2 Å². The first-order chi connectivity index (χ1) is 31.3. The number of aromatic nitrogens is 1. The summed E-state index contributed by atoms with van der Waals surface area (Å²) in [5.74, 6) is -2.42. The number of benzene rings is 3. The monoisotopic (exact) mass is 890 g/mol. The van der Waals surface area contributed by atoms with E-state index in [1.807, 2.05) is 24.3 Å². The fourth-order valence-corrected chi connectivity index (χ4v) is 7.82. The van der Waals surface area contributed by atoms with Crippen LogP contribution < -0.4 is 47.9 Å². The topological polar surface area (TPSA) is 270 Å². The molecule has 5 amide bonds. The van der Waals surface area contributed by atoms with Gasteiger partial charge in [0.15, 0.2) is 0 Å². The number of nitrogens with one attached hydrogen (secondary N) is 4. The third-order valence-electron chi connectivity index (χ3n) is 11.2. The molecule has 346 valence electrons. The summed E-state index contributed by atoms with van der Waals surface area (Å²) in [4.78, 5) is 76.4. The predicted molar refractivity (Wildman–Crippen MR) is 248 cm³/mol. The minimum atomic E-state index is -1.38. The molecule has 0 spiro atoms. The summed E-state index contributed by atoms with van der Waals surface area (Å²) in [7, 11) is 1.43. The van der Waals surface area contributed by atoms with Crippen LogP contribution >= 0.6 is 0 Å². The average Bonchev–Trinajstić information content (AvgIpc) is 3.29. The minimum absolute atomic E-state index is 0.00948. The molecule has 5 rings (SSSR count). The molecule has 1 aliphatic heterocycles. The maximum absolute atomic E-state index is 14.7. The van der Waals surface area contributed by atoms with Gasteiger partial charge >= 0.3 is 0 Å². The molecule has 4 atom stereocenters. The van der Waals surface area contributed by atoms with Crippen LogP contribution in [0.1, 0.15) is 84.7 Å². The summed E-state index contributed by atoms with van der Waals surface area (Å²) in [5.41, 5.74) is 22.3. The Morgan fingerprint density at radius 1 is 0.908 bits per heavy atom. The van der Waals surface area contributed by atoms with Gasteiger partial charge in [-0.2, -0.15) is 5.26 Å². The van der Waals surface area contributed by atoms with Crippen LogP contribution in [0.4, 0.5) is 0 Å². The first kappa shape index (κ1) is 49.4. The largest absolute Gasteiger partial charge is 0.492 e. The van der Waals surface area contributed by atoms with Crippen molar-refractivity contribution in [1.82, 2.24) is 31.2 Å².